The van der Waals surface area contributed by atoms with Gasteiger partial charge in [-0.3, -0.25) is 9.59 Å². The number of aliphatic hydroxyl groups excluding tert-OH is 2. The molecule has 2 aliphatic carbocycles. The second-order valence-electron chi connectivity index (χ2n) is 7.65. The molecule has 2 N–H and O–H groups in total. The summed E-state index contributed by atoms with van der Waals surface area (Å²) in [6.45, 7) is 4.83. The molecule has 7 nitrogen and oxygen atoms in total. The molecular formula is C17H22O7. The van der Waals surface area contributed by atoms with Gasteiger partial charge in [-0.05, 0) is 25.0 Å². The van der Waals surface area contributed by atoms with E-state index in [4.69, 9.17) is 14.2 Å². The highest BCUT2D eigenvalue weighted by atomic mass is 16.7. The highest BCUT2D eigenvalue weighted by molar-refractivity contribution is 6.00. The first kappa shape index (κ1) is 16.2. The van der Waals surface area contributed by atoms with Crippen molar-refractivity contribution in [1.82, 2.24) is 0 Å². The first-order valence-corrected chi connectivity index (χ1v) is 8.22. The van der Waals surface area contributed by atoms with E-state index < -0.39 is 59.2 Å². The summed E-state index contributed by atoms with van der Waals surface area (Å²) >= 11 is 0. The van der Waals surface area contributed by atoms with Crippen molar-refractivity contribution in [3.63, 3.8) is 0 Å². The quantitative estimate of drug-likeness (QED) is 0.527. The van der Waals surface area contributed by atoms with Crippen LogP contribution in [-0.2, 0) is 23.8 Å². The second-order valence-corrected chi connectivity index (χ2v) is 7.65. The van der Waals surface area contributed by atoms with Crippen molar-refractivity contribution in [3.8, 4) is 0 Å². The smallest absolute Gasteiger partial charge is 0.302 e. The van der Waals surface area contributed by atoms with Gasteiger partial charge in [-0.2, -0.15) is 0 Å². The zero-order chi connectivity index (χ0) is 17.5. The number of hydrogen-bond donors (Lipinski definition) is 2. The fourth-order valence-corrected chi connectivity index (χ4v) is 5.30. The summed E-state index contributed by atoms with van der Waals surface area (Å²) in [4.78, 5) is 23.9. The van der Waals surface area contributed by atoms with Crippen LogP contribution in [0.5, 0.6) is 0 Å². The van der Waals surface area contributed by atoms with Crippen molar-refractivity contribution in [2.75, 3.05) is 13.2 Å². The Labute approximate surface area is 139 Å². The van der Waals surface area contributed by atoms with Crippen LogP contribution in [0.1, 0.15) is 27.2 Å². The van der Waals surface area contributed by atoms with Gasteiger partial charge in [-0.1, -0.05) is 6.92 Å². The summed E-state index contributed by atoms with van der Waals surface area (Å²) in [5.74, 6) is -0.824. The van der Waals surface area contributed by atoms with Crippen molar-refractivity contribution >= 4 is 11.8 Å². The van der Waals surface area contributed by atoms with Gasteiger partial charge in [0.15, 0.2) is 5.78 Å². The Hall–Kier alpha value is -1.28. The molecule has 4 rings (SSSR count). The van der Waals surface area contributed by atoms with Gasteiger partial charge >= 0.3 is 5.97 Å². The number of ether oxygens (including phenoxy) is 3. The molecule has 0 amide bonds. The molecule has 0 aromatic heterocycles. The zero-order valence-corrected chi connectivity index (χ0v) is 13.9. The number of rotatable bonds is 2. The Kier molecular flexibility index (Phi) is 3.15. The van der Waals surface area contributed by atoms with Crippen LogP contribution in [0.25, 0.3) is 0 Å². The van der Waals surface area contributed by atoms with E-state index in [-0.39, 0.29) is 0 Å². The van der Waals surface area contributed by atoms with E-state index in [0.29, 0.717) is 18.6 Å². The average Bonchev–Trinajstić information content (AvgIpc) is 3.27. The minimum atomic E-state index is -1.39. The predicted octanol–water partition coefficient (Wildman–Crippen LogP) is -0.267. The molecule has 4 aliphatic rings. The molecule has 7 atom stereocenters. The van der Waals surface area contributed by atoms with E-state index in [1.54, 1.807) is 13.0 Å². The van der Waals surface area contributed by atoms with Gasteiger partial charge in [-0.25, -0.2) is 0 Å². The van der Waals surface area contributed by atoms with Crippen LogP contribution in [-0.4, -0.2) is 65.2 Å². The molecule has 3 fully saturated rings. The van der Waals surface area contributed by atoms with E-state index in [1.807, 2.05) is 6.92 Å². The maximum absolute atomic E-state index is 12.4. The summed E-state index contributed by atoms with van der Waals surface area (Å²) in [6.07, 6.45) is -0.991. The first-order valence-electron chi connectivity index (χ1n) is 8.22. The van der Waals surface area contributed by atoms with Crippen molar-refractivity contribution in [2.24, 2.45) is 10.8 Å². The lowest BCUT2D eigenvalue weighted by atomic mass is 9.50. The first-order chi connectivity index (χ1) is 11.2. The lowest BCUT2D eigenvalue weighted by Crippen LogP contribution is -2.70. The van der Waals surface area contributed by atoms with Crippen LogP contribution in [0, 0.1) is 10.8 Å². The molecule has 0 aromatic rings. The van der Waals surface area contributed by atoms with Crippen LogP contribution < -0.4 is 0 Å². The minimum absolute atomic E-state index is 0.367. The molecule has 0 aromatic carbocycles. The topological polar surface area (TPSA) is 106 Å². The number of esters is 1. The molecule has 24 heavy (non-hydrogen) atoms. The number of Topliss-reactive ketones (excluding diaryl/α,β-unsaturated/α-hetero) is 1. The Morgan fingerprint density at radius 3 is 2.71 bits per heavy atom. The van der Waals surface area contributed by atoms with Crippen molar-refractivity contribution in [3.05, 3.63) is 11.6 Å². The maximum Gasteiger partial charge on any atom is 0.302 e. The van der Waals surface area contributed by atoms with Gasteiger partial charge in [0, 0.05) is 12.3 Å². The molecule has 2 aliphatic heterocycles. The Bertz CT molecular complexity index is 651. The molecular weight excluding hydrogens is 316 g/mol. The number of ketones is 1. The third-order valence-corrected chi connectivity index (χ3v) is 6.73. The molecule has 2 saturated heterocycles. The molecule has 1 saturated carbocycles. The molecule has 7 heteroatoms. The molecule has 132 valence electrons. The normalized spacial score (nSPS) is 52.0. The number of carbonyl (C=O) groups is 2. The number of aliphatic hydroxyl groups is 2. The van der Waals surface area contributed by atoms with Gasteiger partial charge in [0.25, 0.3) is 0 Å². The predicted molar refractivity (Wildman–Crippen MR) is 79.9 cm³/mol. The number of carbonyl (C=O) groups excluding carboxylic acids is 2. The van der Waals surface area contributed by atoms with Crippen molar-refractivity contribution < 1.29 is 34.0 Å². The zero-order valence-electron chi connectivity index (χ0n) is 13.9. The summed E-state index contributed by atoms with van der Waals surface area (Å²) < 4.78 is 17.4. The van der Waals surface area contributed by atoms with Crippen LogP contribution in [0.2, 0.25) is 0 Å². The van der Waals surface area contributed by atoms with E-state index in [1.165, 1.54) is 6.92 Å². The van der Waals surface area contributed by atoms with E-state index >= 15 is 0 Å². The third-order valence-electron chi connectivity index (χ3n) is 6.73. The van der Waals surface area contributed by atoms with E-state index in [2.05, 4.69) is 0 Å². The third kappa shape index (κ3) is 1.57. The summed E-state index contributed by atoms with van der Waals surface area (Å²) in [6, 6.07) is 0. The molecule has 1 spiro atoms. The number of fused-ring (bicyclic) bond motifs is 2. The molecule has 2 bridgehead atoms. The average molecular weight is 338 g/mol. The van der Waals surface area contributed by atoms with E-state index in [9.17, 15) is 19.8 Å². The van der Waals surface area contributed by atoms with Crippen LogP contribution in [0.15, 0.2) is 11.6 Å². The highest BCUT2D eigenvalue weighted by Crippen LogP contribution is 2.71. The Morgan fingerprint density at radius 1 is 1.50 bits per heavy atom. The van der Waals surface area contributed by atoms with Gasteiger partial charge < -0.3 is 24.4 Å². The summed E-state index contributed by atoms with van der Waals surface area (Å²) in [5.41, 5.74) is -2.30. The summed E-state index contributed by atoms with van der Waals surface area (Å²) in [5, 5.41) is 21.1. The molecule has 0 radical (unpaired) electrons. The summed E-state index contributed by atoms with van der Waals surface area (Å²) in [7, 11) is 0. The molecule has 1 unspecified atom stereocenters. The van der Waals surface area contributed by atoms with Gasteiger partial charge in [0.1, 0.15) is 23.9 Å². The van der Waals surface area contributed by atoms with Gasteiger partial charge in [0.2, 0.25) is 0 Å². The van der Waals surface area contributed by atoms with Crippen molar-refractivity contribution in [1.29, 1.82) is 0 Å². The second kappa shape index (κ2) is 4.66. The monoisotopic (exact) mass is 338 g/mol. The fraction of sp³-hybridized carbons (Fsp3) is 0.765. The number of epoxide rings is 1. The SMILES string of the molecule is CC(=O)O[C@H]1C[C@]2(C)C3(CO3)[C@H]1O[C@H]1C=C(C)C(=O)[C@H](O)[C@]12CO. The standard InChI is InChI=1S/C17H22O7/c1-8-4-11-16(6-18,13(21)12(8)20)15(3)5-10(23-9(2)19)14(24-11)17(15)7-22-17/h4,10-11,13-14,18,21H,5-7H2,1-3H3/t10-,11-,13-,14-,15-,16-,17?/m0/s1. The fourth-order valence-electron chi connectivity index (χ4n) is 5.30. The van der Waals surface area contributed by atoms with Gasteiger partial charge in [-0.15, -0.1) is 0 Å². The van der Waals surface area contributed by atoms with E-state index in [0.717, 1.165) is 0 Å². The Balaban J connectivity index is 1.87. The largest absolute Gasteiger partial charge is 0.460 e. The lowest BCUT2D eigenvalue weighted by molar-refractivity contribution is -0.244. The van der Waals surface area contributed by atoms with Crippen LogP contribution in [0.3, 0.4) is 0 Å². The van der Waals surface area contributed by atoms with Crippen molar-refractivity contribution in [2.45, 2.75) is 57.2 Å². The Morgan fingerprint density at radius 2 is 2.17 bits per heavy atom. The minimum Gasteiger partial charge on any atom is -0.460 e. The number of hydrogen-bond acceptors (Lipinski definition) is 7. The van der Waals surface area contributed by atoms with Crippen LogP contribution in [0.4, 0.5) is 0 Å². The lowest BCUT2D eigenvalue weighted by Gasteiger charge is -2.58. The van der Waals surface area contributed by atoms with Crippen LogP contribution >= 0.6 is 0 Å². The molecule has 2 heterocycles. The maximum atomic E-state index is 12.4. The highest BCUT2D eigenvalue weighted by Gasteiger charge is 2.83. The van der Waals surface area contributed by atoms with Gasteiger partial charge in [0.05, 0.1) is 24.7 Å².